The van der Waals surface area contributed by atoms with Gasteiger partial charge in [0.1, 0.15) is 0 Å². The standard InChI is InChI=1S/C15H13F2NO2S2/c1-9(19)18-7-11-3-5-15(22-11)14(20)8-21-10-2-4-12(16)13(17)6-10/h2-6H,7-8H2,1H3,(H,18,19). The van der Waals surface area contributed by atoms with Crippen LogP contribution in [0.2, 0.25) is 0 Å². The van der Waals surface area contributed by atoms with Crippen molar-refractivity contribution in [3.63, 3.8) is 0 Å². The summed E-state index contributed by atoms with van der Waals surface area (Å²) in [5.74, 6) is -1.91. The summed E-state index contributed by atoms with van der Waals surface area (Å²) < 4.78 is 25.9. The van der Waals surface area contributed by atoms with Gasteiger partial charge in [-0.3, -0.25) is 9.59 Å². The zero-order chi connectivity index (χ0) is 16.1. The van der Waals surface area contributed by atoms with Gasteiger partial charge >= 0.3 is 0 Å². The molecule has 0 aliphatic heterocycles. The first-order valence-corrected chi connectivity index (χ1v) is 8.20. The van der Waals surface area contributed by atoms with Gasteiger partial charge in [0.05, 0.1) is 17.2 Å². The molecule has 0 saturated heterocycles. The molecule has 0 aliphatic rings. The van der Waals surface area contributed by atoms with Gasteiger partial charge in [-0.1, -0.05) is 0 Å². The Morgan fingerprint density at radius 1 is 1.18 bits per heavy atom. The summed E-state index contributed by atoms with van der Waals surface area (Å²) in [6.07, 6.45) is 0. The van der Waals surface area contributed by atoms with Crippen molar-refractivity contribution in [3.05, 3.63) is 51.7 Å². The first-order valence-electron chi connectivity index (χ1n) is 6.40. The fourth-order valence-corrected chi connectivity index (χ4v) is 3.40. The maximum Gasteiger partial charge on any atom is 0.217 e. The molecule has 1 amide bonds. The summed E-state index contributed by atoms with van der Waals surface area (Å²) in [6.45, 7) is 1.82. The Labute approximate surface area is 134 Å². The lowest BCUT2D eigenvalue weighted by Crippen LogP contribution is -2.18. The first kappa shape index (κ1) is 16.6. The van der Waals surface area contributed by atoms with Crippen LogP contribution < -0.4 is 5.32 Å². The summed E-state index contributed by atoms with van der Waals surface area (Å²) >= 11 is 2.47. The van der Waals surface area contributed by atoms with Crippen LogP contribution in [-0.4, -0.2) is 17.4 Å². The average Bonchev–Trinajstić information content (AvgIpc) is 2.95. The number of ketones is 1. The van der Waals surface area contributed by atoms with Crippen molar-refractivity contribution in [1.29, 1.82) is 0 Å². The van der Waals surface area contributed by atoms with E-state index >= 15 is 0 Å². The summed E-state index contributed by atoms with van der Waals surface area (Å²) in [5.41, 5.74) is 0. The van der Waals surface area contributed by atoms with Crippen LogP contribution in [0.4, 0.5) is 8.78 Å². The number of benzene rings is 1. The second-order valence-corrected chi connectivity index (χ2v) is 6.68. The van der Waals surface area contributed by atoms with Gasteiger partial charge in [-0.15, -0.1) is 23.1 Å². The third-order valence-electron chi connectivity index (χ3n) is 2.71. The molecule has 116 valence electrons. The molecule has 0 spiro atoms. The van der Waals surface area contributed by atoms with E-state index in [1.54, 1.807) is 12.1 Å². The normalized spacial score (nSPS) is 10.5. The smallest absolute Gasteiger partial charge is 0.217 e. The van der Waals surface area contributed by atoms with E-state index in [0.717, 1.165) is 28.8 Å². The number of Topliss-reactive ketones (excluding diaryl/α,β-unsaturated/α-hetero) is 1. The lowest BCUT2D eigenvalue weighted by atomic mass is 10.3. The van der Waals surface area contributed by atoms with Gasteiger partial charge in [-0.2, -0.15) is 0 Å². The maximum absolute atomic E-state index is 13.1. The van der Waals surface area contributed by atoms with Crippen LogP contribution in [0.3, 0.4) is 0 Å². The van der Waals surface area contributed by atoms with Gasteiger partial charge in [0.2, 0.25) is 5.91 Å². The average molecular weight is 341 g/mol. The minimum absolute atomic E-state index is 0.0891. The minimum atomic E-state index is -0.925. The highest BCUT2D eigenvalue weighted by atomic mass is 32.2. The van der Waals surface area contributed by atoms with E-state index in [4.69, 9.17) is 0 Å². The fraction of sp³-hybridized carbons (Fsp3) is 0.200. The van der Waals surface area contributed by atoms with E-state index in [1.165, 1.54) is 24.3 Å². The Balaban J connectivity index is 1.91. The molecular weight excluding hydrogens is 328 g/mol. The number of amides is 1. The van der Waals surface area contributed by atoms with Crippen LogP contribution in [0.25, 0.3) is 0 Å². The zero-order valence-corrected chi connectivity index (χ0v) is 13.3. The van der Waals surface area contributed by atoms with Crippen LogP contribution >= 0.6 is 23.1 Å². The van der Waals surface area contributed by atoms with E-state index in [1.807, 2.05) is 0 Å². The summed E-state index contributed by atoms with van der Waals surface area (Å²) in [7, 11) is 0. The highest BCUT2D eigenvalue weighted by molar-refractivity contribution is 8.00. The number of rotatable bonds is 6. The van der Waals surface area contributed by atoms with Crippen LogP contribution in [0.15, 0.2) is 35.2 Å². The molecule has 1 heterocycles. The van der Waals surface area contributed by atoms with E-state index in [-0.39, 0.29) is 17.4 Å². The van der Waals surface area contributed by atoms with Gasteiger partial charge in [0.25, 0.3) is 0 Å². The fourth-order valence-electron chi connectivity index (χ4n) is 1.62. The molecule has 0 radical (unpaired) electrons. The first-order chi connectivity index (χ1) is 10.5. The Morgan fingerprint density at radius 2 is 1.95 bits per heavy atom. The molecule has 0 atom stereocenters. The second-order valence-electron chi connectivity index (χ2n) is 4.46. The van der Waals surface area contributed by atoms with E-state index in [0.29, 0.717) is 16.3 Å². The predicted molar refractivity (Wildman–Crippen MR) is 83.3 cm³/mol. The van der Waals surface area contributed by atoms with E-state index in [2.05, 4.69) is 5.32 Å². The molecule has 2 rings (SSSR count). The van der Waals surface area contributed by atoms with Gasteiger partial charge in [0, 0.05) is 16.7 Å². The molecule has 1 N–H and O–H groups in total. The number of thioether (sulfide) groups is 1. The molecule has 0 fully saturated rings. The topological polar surface area (TPSA) is 46.2 Å². The molecule has 0 aliphatic carbocycles. The highest BCUT2D eigenvalue weighted by Crippen LogP contribution is 2.24. The minimum Gasteiger partial charge on any atom is -0.351 e. The lowest BCUT2D eigenvalue weighted by molar-refractivity contribution is -0.119. The summed E-state index contributed by atoms with van der Waals surface area (Å²) in [6, 6.07) is 7.04. The van der Waals surface area contributed by atoms with Crippen molar-refractivity contribution in [2.45, 2.75) is 18.4 Å². The molecular formula is C15H13F2NO2S2. The third kappa shape index (κ3) is 4.64. The number of nitrogens with one attached hydrogen (secondary N) is 1. The summed E-state index contributed by atoms with van der Waals surface area (Å²) in [4.78, 5) is 24.9. The van der Waals surface area contributed by atoms with Crippen molar-refractivity contribution in [1.82, 2.24) is 5.32 Å². The van der Waals surface area contributed by atoms with Crippen LogP contribution in [0, 0.1) is 11.6 Å². The third-order valence-corrected chi connectivity index (χ3v) is 4.83. The molecule has 7 heteroatoms. The highest BCUT2D eigenvalue weighted by Gasteiger charge is 2.11. The van der Waals surface area contributed by atoms with E-state index in [9.17, 15) is 18.4 Å². The molecule has 2 aromatic rings. The molecule has 1 aromatic heterocycles. The number of hydrogen-bond donors (Lipinski definition) is 1. The number of hydrogen-bond acceptors (Lipinski definition) is 4. The van der Waals surface area contributed by atoms with Crippen LogP contribution in [0.5, 0.6) is 0 Å². The van der Waals surface area contributed by atoms with Gasteiger partial charge in [-0.05, 0) is 30.3 Å². The Morgan fingerprint density at radius 3 is 2.64 bits per heavy atom. The second kappa shape index (κ2) is 7.51. The SMILES string of the molecule is CC(=O)NCc1ccc(C(=O)CSc2ccc(F)c(F)c2)s1. The van der Waals surface area contributed by atoms with E-state index < -0.39 is 11.6 Å². The maximum atomic E-state index is 13.1. The Bertz CT molecular complexity index is 701. The van der Waals surface area contributed by atoms with Crippen molar-refractivity contribution in [2.75, 3.05) is 5.75 Å². The molecule has 0 bridgehead atoms. The molecule has 0 unspecified atom stereocenters. The predicted octanol–water partition coefficient (Wildman–Crippen LogP) is 3.64. The molecule has 3 nitrogen and oxygen atoms in total. The van der Waals surface area contributed by atoms with Gasteiger partial charge < -0.3 is 5.32 Å². The Kier molecular flexibility index (Phi) is 5.68. The Hall–Kier alpha value is -1.73. The van der Waals surface area contributed by atoms with Gasteiger partial charge in [0.15, 0.2) is 17.4 Å². The van der Waals surface area contributed by atoms with Gasteiger partial charge in [-0.25, -0.2) is 8.78 Å². The van der Waals surface area contributed by atoms with Crippen molar-refractivity contribution >= 4 is 34.8 Å². The van der Waals surface area contributed by atoms with Crippen molar-refractivity contribution in [3.8, 4) is 0 Å². The zero-order valence-electron chi connectivity index (χ0n) is 11.7. The number of carbonyl (C=O) groups excluding carboxylic acids is 2. The summed E-state index contributed by atoms with van der Waals surface area (Å²) in [5, 5.41) is 2.66. The number of carbonyl (C=O) groups is 2. The quantitative estimate of drug-likeness (QED) is 0.644. The lowest BCUT2D eigenvalue weighted by Gasteiger charge is -2.01. The number of thiophene rings is 1. The molecule has 1 aromatic carbocycles. The van der Waals surface area contributed by atoms with Crippen molar-refractivity contribution in [2.24, 2.45) is 0 Å². The number of halogens is 2. The largest absolute Gasteiger partial charge is 0.351 e. The monoisotopic (exact) mass is 341 g/mol. The van der Waals surface area contributed by atoms with Crippen LogP contribution in [0.1, 0.15) is 21.5 Å². The molecule has 0 saturated carbocycles. The van der Waals surface area contributed by atoms with Crippen LogP contribution in [-0.2, 0) is 11.3 Å². The molecule has 22 heavy (non-hydrogen) atoms. The van der Waals surface area contributed by atoms with Crippen molar-refractivity contribution < 1.29 is 18.4 Å².